The number of anilines is 1. The first-order valence-corrected chi connectivity index (χ1v) is 5.76. The van der Waals surface area contributed by atoms with Crippen LogP contribution in [0.3, 0.4) is 0 Å². The summed E-state index contributed by atoms with van der Waals surface area (Å²) in [6.07, 6.45) is 5.53. The SMILES string of the molecule is CCC(C)(CCCl)Nc1ncc(C)cn1. The summed E-state index contributed by atoms with van der Waals surface area (Å²) in [5.74, 6) is 1.32. The lowest BCUT2D eigenvalue weighted by Gasteiger charge is -2.28. The third kappa shape index (κ3) is 3.67. The van der Waals surface area contributed by atoms with Crippen molar-refractivity contribution in [1.82, 2.24) is 9.97 Å². The van der Waals surface area contributed by atoms with Gasteiger partial charge in [-0.1, -0.05) is 6.92 Å². The van der Waals surface area contributed by atoms with E-state index in [1.54, 1.807) is 0 Å². The predicted molar refractivity (Wildman–Crippen MR) is 64.4 cm³/mol. The Morgan fingerprint density at radius 1 is 1.40 bits per heavy atom. The monoisotopic (exact) mass is 227 g/mol. The molecule has 0 saturated carbocycles. The molecule has 0 aliphatic carbocycles. The van der Waals surface area contributed by atoms with Gasteiger partial charge in [0, 0.05) is 23.8 Å². The van der Waals surface area contributed by atoms with Gasteiger partial charge in [-0.05, 0) is 32.3 Å². The lowest BCUT2D eigenvalue weighted by atomic mass is 9.96. The molecule has 0 saturated heterocycles. The Kier molecular flexibility index (Phi) is 4.33. The maximum absolute atomic E-state index is 5.78. The van der Waals surface area contributed by atoms with Gasteiger partial charge >= 0.3 is 0 Å². The minimum absolute atomic E-state index is 0.0169. The summed E-state index contributed by atoms with van der Waals surface area (Å²) in [4.78, 5) is 8.46. The lowest BCUT2D eigenvalue weighted by molar-refractivity contribution is 0.477. The van der Waals surface area contributed by atoms with Crippen LogP contribution in [0.2, 0.25) is 0 Å². The van der Waals surface area contributed by atoms with Crippen LogP contribution in [-0.4, -0.2) is 21.4 Å². The highest BCUT2D eigenvalue weighted by Gasteiger charge is 2.21. The number of alkyl halides is 1. The van der Waals surface area contributed by atoms with Gasteiger partial charge in [0.05, 0.1) is 0 Å². The Bertz CT molecular complexity index is 299. The molecule has 1 unspecified atom stereocenters. The van der Waals surface area contributed by atoms with E-state index in [0.717, 1.165) is 18.4 Å². The van der Waals surface area contributed by atoms with Crippen LogP contribution in [0.15, 0.2) is 12.4 Å². The number of hydrogen-bond acceptors (Lipinski definition) is 3. The molecule has 1 N–H and O–H groups in total. The number of nitrogens with zero attached hydrogens (tertiary/aromatic N) is 2. The molecule has 1 aromatic rings. The molecule has 0 fully saturated rings. The molecular formula is C11H18ClN3. The Labute approximate surface area is 96.3 Å². The predicted octanol–water partition coefficient (Wildman–Crippen LogP) is 2.99. The second-order valence-electron chi connectivity index (χ2n) is 4.06. The van der Waals surface area contributed by atoms with E-state index in [-0.39, 0.29) is 5.54 Å². The van der Waals surface area contributed by atoms with E-state index in [1.807, 2.05) is 19.3 Å². The Hall–Kier alpha value is -0.830. The van der Waals surface area contributed by atoms with Crippen LogP contribution in [-0.2, 0) is 0 Å². The number of rotatable bonds is 5. The fraction of sp³-hybridized carbons (Fsp3) is 0.636. The summed E-state index contributed by atoms with van der Waals surface area (Å²) in [5.41, 5.74) is 1.05. The van der Waals surface area contributed by atoms with Gasteiger partial charge in [0.25, 0.3) is 0 Å². The second kappa shape index (κ2) is 5.31. The van der Waals surface area contributed by atoms with Crippen molar-refractivity contribution in [3.05, 3.63) is 18.0 Å². The van der Waals surface area contributed by atoms with Crippen molar-refractivity contribution in [3.8, 4) is 0 Å². The quantitative estimate of drug-likeness (QED) is 0.786. The number of aryl methyl sites for hydroxylation is 1. The van der Waals surface area contributed by atoms with Crippen LogP contribution in [0.25, 0.3) is 0 Å². The molecule has 0 amide bonds. The normalized spacial score (nSPS) is 14.7. The van der Waals surface area contributed by atoms with E-state index in [1.165, 1.54) is 0 Å². The summed E-state index contributed by atoms with van der Waals surface area (Å²) in [5, 5.41) is 3.33. The van der Waals surface area contributed by atoms with E-state index in [2.05, 4.69) is 29.1 Å². The van der Waals surface area contributed by atoms with Crippen LogP contribution >= 0.6 is 11.6 Å². The molecule has 1 atom stereocenters. The molecule has 4 heteroatoms. The van der Waals surface area contributed by atoms with E-state index in [9.17, 15) is 0 Å². The van der Waals surface area contributed by atoms with Crippen molar-refractivity contribution in [2.75, 3.05) is 11.2 Å². The maximum Gasteiger partial charge on any atom is 0.223 e. The van der Waals surface area contributed by atoms with Crippen molar-refractivity contribution in [2.24, 2.45) is 0 Å². The number of hydrogen-bond donors (Lipinski definition) is 1. The van der Waals surface area contributed by atoms with Crippen LogP contribution in [0.1, 0.15) is 32.3 Å². The van der Waals surface area contributed by atoms with Crippen molar-refractivity contribution in [3.63, 3.8) is 0 Å². The Morgan fingerprint density at radius 3 is 2.47 bits per heavy atom. The van der Waals surface area contributed by atoms with Crippen molar-refractivity contribution in [2.45, 2.75) is 39.2 Å². The molecule has 84 valence electrons. The van der Waals surface area contributed by atoms with Gasteiger partial charge in [-0.3, -0.25) is 0 Å². The first-order chi connectivity index (χ1) is 7.09. The third-order valence-corrected chi connectivity index (χ3v) is 2.81. The minimum atomic E-state index is -0.0169. The van der Waals surface area contributed by atoms with Crippen LogP contribution in [0.5, 0.6) is 0 Å². The van der Waals surface area contributed by atoms with Gasteiger partial charge in [0.2, 0.25) is 5.95 Å². The van der Waals surface area contributed by atoms with E-state index >= 15 is 0 Å². The highest BCUT2D eigenvalue weighted by molar-refractivity contribution is 6.17. The van der Waals surface area contributed by atoms with Gasteiger partial charge < -0.3 is 5.32 Å². The third-order valence-electron chi connectivity index (χ3n) is 2.62. The van der Waals surface area contributed by atoms with Crippen LogP contribution in [0, 0.1) is 6.92 Å². The molecule has 1 aromatic heterocycles. The molecule has 0 aliphatic heterocycles. The number of nitrogens with one attached hydrogen (secondary N) is 1. The van der Waals surface area contributed by atoms with Gasteiger partial charge in [0.15, 0.2) is 0 Å². The molecule has 15 heavy (non-hydrogen) atoms. The molecule has 1 heterocycles. The Morgan fingerprint density at radius 2 is 2.00 bits per heavy atom. The van der Waals surface area contributed by atoms with Crippen LogP contribution < -0.4 is 5.32 Å². The second-order valence-corrected chi connectivity index (χ2v) is 4.44. The Balaban J connectivity index is 2.70. The number of halogens is 1. The summed E-state index contributed by atoms with van der Waals surface area (Å²) < 4.78 is 0. The van der Waals surface area contributed by atoms with E-state index in [0.29, 0.717) is 11.8 Å². The minimum Gasteiger partial charge on any atom is -0.349 e. The zero-order valence-electron chi connectivity index (χ0n) is 9.55. The maximum atomic E-state index is 5.78. The summed E-state index contributed by atoms with van der Waals surface area (Å²) in [6.45, 7) is 6.24. The lowest BCUT2D eigenvalue weighted by Crippen LogP contribution is -2.35. The topological polar surface area (TPSA) is 37.8 Å². The van der Waals surface area contributed by atoms with Crippen molar-refractivity contribution >= 4 is 17.5 Å². The zero-order valence-corrected chi connectivity index (χ0v) is 10.3. The van der Waals surface area contributed by atoms with E-state index < -0.39 is 0 Å². The highest BCUT2D eigenvalue weighted by atomic mass is 35.5. The standard InChI is InChI=1S/C11H18ClN3/c1-4-11(3,5-6-12)15-10-13-7-9(2)8-14-10/h7-8H,4-6H2,1-3H3,(H,13,14,15). The van der Waals surface area contributed by atoms with E-state index in [4.69, 9.17) is 11.6 Å². The van der Waals surface area contributed by atoms with Gasteiger partial charge in [-0.2, -0.15) is 0 Å². The number of aromatic nitrogens is 2. The van der Waals surface area contributed by atoms with Crippen molar-refractivity contribution in [1.29, 1.82) is 0 Å². The van der Waals surface area contributed by atoms with Gasteiger partial charge in [-0.25, -0.2) is 9.97 Å². The molecule has 3 nitrogen and oxygen atoms in total. The fourth-order valence-electron chi connectivity index (χ4n) is 1.26. The van der Waals surface area contributed by atoms with Gasteiger partial charge in [0.1, 0.15) is 0 Å². The summed E-state index contributed by atoms with van der Waals surface area (Å²) in [6, 6.07) is 0. The first kappa shape index (κ1) is 12.2. The fourth-order valence-corrected chi connectivity index (χ4v) is 1.68. The van der Waals surface area contributed by atoms with Crippen molar-refractivity contribution < 1.29 is 0 Å². The smallest absolute Gasteiger partial charge is 0.223 e. The highest BCUT2D eigenvalue weighted by Crippen LogP contribution is 2.19. The molecular weight excluding hydrogens is 210 g/mol. The zero-order chi connectivity index (χ0) is 11.3. The first-order valence-electron chi connectivity index (χ1n) is 5.22. The molecule has 0 spiro atoms. The molecule has 0 bridgehead atoms. The average Bonchev–Trinajstić information content (AvgIpc) is 2.22. The van der Waals surface area contributed by atoms with Crippen LogP contribution in [0.4, 0.5) is 5.95 Å². The average molecular weight is 228 g/mol. The molecule has 1 rings (SSSR count). The molecule has 0 aliphatic rings. The largest absolute Gasteiger partial charge is 0.349 e. The molecule has 0 radical (unpaired) electrons. The summed E-state index contributed by atoms with van der Waals surface area (Å²) >= 11 is 5.78. The summed E-state index contributed by atoms with van der Waals surface area (Å²) in [7, 11) is 0. The molecule has 0 aromatic carbocycles. The van der Waals surface area contributed by atoms with Gasteiger partial charge in [-0.15, -0.1) is 11.6 Å².